The van der Waals surface area contributed by atoms with Crippen LogP contribution in [0.4, 0.5) is 0 Å². The van der Waals surface area contributed by atoms with Crippen LogP contribution in [0.3, 0.4) is 0 Å². The number of carbonyl (C=O) groups is 2. The van der Waals surface area contributed by atoms with Gasteiger partial charge in [-0.15, -0.1) is 0 Å². The molecule has 3 heterocycles. The van der Waals surface area contributed by atoms with Crippen molar-refractivity contribution in [2.45, 2.75) is 25.0 Å². The van der Waals surface area contributed by atoms with E-state index in [9.17, 15) is 9.59 Å². The second-order valence-corrected chi connectivity index (χ2v) is 7.99. The Hall–Kier alpha value is -1.96. The van der Waals surface area contributed by atoms with Crippen LogP contribution in [0.1, 0.15) is 18.4 Å². The SMILES string of the molecule is O=C(CC1COC2(C1)CN(C(=O)COCc1ccccc1)C2)N1CCOCC1. The number of hydrogen-bond acceptors (Lipinski definition) is 5. The van der Waals surface area contributed by atoms with Crippen LogP contribution >= 0.6 is 0 Å². The lowest BCUT2D eigenvalue weighted by atomic mass is 9.85. The summed E-state index contributed by atoms with van der Waals surface area (Å²) in [6, 6.07) is 9.83. The molecule has 1 spiro atoms. The van der Waals surface area contributed by atoms with E-state index >= 15 is 0 Å². The lowest BCUT2D eigenvalue weighted by Crippen LogP contribution is -2.63. The number of benzene rings is 1. The highest BCUT2D eigenvalue weighted by Crippen LogP contribution is 2.39. The standard InChI is InChI=1S/C21H28N2O5/c24-19(22-6-8-26-9-7-22)10-18-11-21(28-13-18)15-23(16-21)20(25)14-27-12-17-4-2-1-3-5-17/h1-5,18H,6-16H2. The lowest BCUT2D eigenvalue weighted by molar-refractivity contribution is -0.162. The van der Waals surface area contributed by atoms with Gasteiger partial charge in [-0.1, -0.05) is 30.3 Å². The molecule has 0 saturated carbocycles. The van der Waals surface area contributed by atoms with Crippen LogP contribution in [0, 0.1) is 5.92 Å². The summed E-state index contributed by atoms with van der Waals surface area (Å²) in [5.41, 5.74) is 0.799. The Kier molecular flexibility index (Phi) is 5.94. The third-order valence-corrected chi connectivity index (χ3v) is 5.76. The van der Waals surface area contributed by atoms with Crippen molar-refractivity contribution in [3.05, 3.63) is 35.9 Å². The van der Waals surface area contributed by atoms with Crippen molar-refractivity contribution in [3.8, 4) is 0 Å². The Labute approximate surface area is 165 Å². The molecule has 152 valence electrons. The number of ether oxygens (including phenoxy) is 3. The number of rotatable bonds is 6. The maximum absolute atomic E-state index is 12.4. The Morgan fingerprint density at radius 2 is 1.82 bits per heavy atom. The Bertz CT molecular complexity index is 683. The molecule has 0 aliphatic carbocycles. The molecule has 0 bridgehead atoms. The van der Waals surface area contributed by atoms with Crippen LogP contribution in [0.2, 0.25) is 0 Å². The summed E-state index contributed by atoms with van der Waals surface area (Å²) in [5.74, 6) is 0.426. The molecule has 0 aromatic heterocycles. The number of amides is 2. The van der Waals surface area contributed by atoms with E-state index in [0.29, 0.717) is 59.0 Å². The van der Waals surface area contributed by atoms with Crippen LogP contribution in [0.5, 0.6) is 0 Å². The number of morpholine rings is 1. The molecule has 1 atom stereocenters. The first-order chi connectivity index (χ1) is 13.6. The van der Waals surface area contributed by atoms with Gasteiger partial charge >= 0.3 is 0 Å². The fraction of sp³-hybridized carbons (Fsp3) is 0.619. The minimum Gasteiger partial charge on any atom is -0.378 e. The number of carbonyl (C=O) groups excluding carboxylic acids is 2. The summed E-state index contributed by atoms with van der Waals surface area (Å²) >= 11 is 0. The van der Waals surface area contributed by atoms with Crippen molar-refractivity contribution in [2.75, 3.05) is 52.6 Å². The highest BCUT2D eigenvalue weighted by Gasteiger charge is 2.51. The van der Waals surface area contributed by atoms with Gasteiger partial charge in [-0.2, -0.15) is 0 Å². The zero-order chi connectivity index (χ0) is 19.4. The van der Waals surface area contributed by atoms with E-state index in [1.807, 2.05) is 35.2 Å². The molecular formula is C21H28N2O5. The van der Waals surface area contributed by atoms with Gasteiger partial charge in [-0.05, 0) is 17.9 Å². The summed E-state index contributed by atoms with van der Waals surface area (Å²) < 4.78 is 16.8. The van der Waals surface area contributed by atoms with Gasteiger partial charge in [0.2, 0.25) is 11.8 Å². The molecule has 0 radical (unpaired) electrons. The molecule has 2 amide bonds. The van der Waals surface area contributed by atoms with E-state index in [1.165, 1.54) is 0 Å². The molecule has 3 aliphatic rings. The van der Waals surface area contributed by atoms with E-state index < -0.39 is 0 Å². The van der Waals surface area contributed by atoms with Crippen molar-refractivity contribution in [1.29, 1.82) is 0 Å². The molecule has 0 N–H and O–H groups in total. The first kappa shape index (κ1) is 19.4. The fourth-order valence-electron chi connectivity index (χ4n) is 4.23. The number of hydrogen-bond donors (Lipinski definition) is 0. The normalized spacial score (nSPS) is 23.6. The highest BCUT2D eigenvalue weighted by atomic mass is 16.5. The van der Waals surface area contributed by atoms with E-state index in [-0.39, 0.29) is 29.9 Å². The average Bonchev–Trinajstić information content (AvgIpc) is 3.12. The van der Waals surface area contributed by atoms with E-state index in [2.05, 4.69) is 0 Å². The minimum absolute atomic E-state index is 0.00185. The molecule has 4 rings (SSSR count). The van der Waals surface area contributed by atoms with Gasteiger partial charge in [0.1, 0.15) is 12.2 Å². The zero-order valence-electron chi connectivity index (χ0n) is 16.2. The predicted octanol–water partition coefficient (Wildman–Crippen LogP) is 1.07. The molecule has 3 saturated heterocycles. The smallest absolute Gasteiger partial charge is 0.248 e. The molecule has 28 heavy (non-hydrogen) atoms. The Morgan fingerprint density at radius 1 is 1.07 bits per heavy atom. The van der Waals surface area contributed by atoms with E-state index in [4.69, 9.17) is 14.2 Å². The van der Waals surface area contributed by atoms with Crippen LogP contribution in [-0.2, 0) is 30.4 Å². The van der Waals surface area contributed by atoms with Crippen molar-refractivity contribution in [2.24, 2.45) is 5.92 Å². The van der Waals surface area contributed by atoms with Gasteiger partial charge in [0.15, 0.2) is 0 Å². The van der Waals surface area contributed by atoms with Crippen molar-refractivity contribution < 1.29 is 23.8 Å². The average molecular weight is 388 g/mol. The minimum atomic E-state index is -0.259. The van der Waals surface area contributed by atoms with Gasteiger partial charge in [-0.3, -0.25) is 9.59 Å². The molecule has 7 heteroatoms. The second-order valence-electron chi connectivity index (χ2n) is 7.99. The van der Waals surface area contributed by atoms with E-state index in [0.717, 1.165) is 12.0 Å². The zero-order valence-corrected chi connectivity index (χ0v) is 16.2. The van der Waals surface area contributed by atoms with Gasteiger partial charge in [-0.25, -0.2) is 0 Å². The predicted molar refractivity (Wildman–Crippen MR) is 101 cm³/mol. The topological polar surface area (TPSA) is 68.3 Å². The summed E-state index contributed by atoms with van der Waals surface area (Å²) in [6.07, 6.45) is 1.37. The van der Waals surface area contributed by atoms with Crippen molar-refractivity contribution in [1.82, 2.24) is 9.80 Å². The van der Waals surface area contributed by atoms with Gasteiger partial charge < -0.3 is 24.0 Å². The van der Waals surface area contributed by atoms with E-state index in [1.54, 1.807) is 4.90 Å². The van der Waals surface area contributed by atoms with Gasteiger partial charge in [0, 0.05) is 19.5 Å². The fourth-order valence-corrected chi connectivity index (χ4v) is 4.23. The Balaban J connectivity index is 1.16. The third kappa shape index (κ3) is 4.54. The van der Waals surface area contributed by atoms with Gasteiger partial charge in [0.25, 0.3) is 0 Å². The molecular weight excluding hydrogens is 360 g/mol. The van der Waals surface area contributed by atoms with Crippen molar-refractivity contribution in [3.63, 3.8) is 0 Å². The number of nitrogens with zero attached hydrogens (tertiary/aromatic N) is 2. The molecule has 1 aromatic carbocycles. The highest BCUT2D eigenvalue weighted by molar-refractivity contribution is 5.79. The molecule has 3 fully saturated rings. The summed E-state index contributed by atoms with van der Waals surface area (Å²) in [5, 5.41) is 0. The second kappa shape index (κ2) is 8.59. The molecule has 3 aliphatic heterocycles. The summed E-state index contributed by atoms with van der Waals surface area (Å²) in [6.45, 7) is 4.94. The third-order valence-electron chi connectivity index (χ3n) is 5.76. The molecule has 7 nitrogen and oxygen atoms in total. The lowest BCUT2D eigenvalue weighted by Gasteiger charge is -2.47. The van der Waals surface area contributed by atoms with Crippen molar-refractivity contribution >= 4 is 11.8 Å². The monoisotopic (exact) mass is 388 g/mol. The maximum atomic E-state index is 12.4. The summed E-state index contributed by atoms with van der Waals surface area (Å²) in [7, 11) is 0. The maximum Gasteiger partial charge on any atom is 0.248 e. The van der Waals surface area contributed by atoms with Gasteiger partial charge in [0.05, 0.1) is 39.5 Å². The van der Waals surface area contributed by atoms with Crippen LogP contribution in [0.15, 0.2) is 30.3 Å². The first-order valence-electron chi connectivity index (χ1n) is 10.0. The quantitative estimate of drug-likeness (QED) is 0.729. The first-order valence-corrected chi connectivity index (χ1v) is 10.0. The van der Waals surface area contributed by atoms with Crippen LogP contribution in [-0.4, -0.2) is 79.8 Å². The largest absolute Gasteiger partial charge is 0.378 e. The Morgan fingerprint density at radius 3 is 2.57 bits per heavy atom. The van der Waals surface area contributed by atoms with Crippen LogP contribution < -0.4 is 0 Å². The molecule has 1 aromatic rings. The molecule has 1 unspecified atom stereocenters. The van der Waals surface area contributed by atoms with Crippen LogP contribution in [0.25, 0.3) is 0 Å². The number of likely N-dealkylation sites (tertiary alicyclic amines) is 1. The summed E-state index contributed by atoms with van der Waals surface area (Å²) in [4.78, 5) is 28.4.